The highest BCUT2D eigenvalue weighted by Gasteiger charge is 2.10. The third kappa shape index (κ3) is 3.74. The van der Waals surface area contributed by atoms with Crippen LogP contribution in [-0.4, -0.2) is 13.0 Å². The standard InChI is InChI=1S/C8H12O3S/c9-12(10,11)7-6-8-4-2-1-3-5-8/h8H,1-5H2,(H,9,10,11). The molecule has 1 rings (SSSR count). The van der Waals surface area contributed by atoms with Crippen LogP contribution in [0.2, 0.25) is 0 Å². The van der Waals surface area contributed by atoms with Crippen LogP contribution in [0.15, 0.2) is 0 Å². The van der Waals surface area contributed by atoms with Crippen LogP contribution in [0, 0.1) is 17.1 Å². The van der Waals surface area contributed by atoms with Gasteiger partial charge in [-0.2, -0.15) is 8.42 Å². The smallest absolute Gasteiger partial charge is 0.276 e. The van der Waals surface area contributed by atoms with Crippen LogP contribution in [0.4, 0.5) is 0 Å². The van der Waals surface area contributed by atoms with Crippen molar-refractivity contribution in [3.05, 3.63) is 0 Å². The van der Waals surface area contributed by atoms with Crippen molar-refractivity contribution >= 4 is 10.1 Å². The molecular weight excluding hydrogens is 176 g/mol. The van der Waals surface area contributed by atoms with Crippen LogP contribution in [0.5, 0.6) is 0 Å². The molecule has 1 saturated carbocycles. The van der Waals surface area contributed by atoms with Crippen LogP contribution in [0.1, 0.15) is 32.1 Å². The summed E-state index contributed by atoms with van der Waals surface area (Å²) in [5.41, 5.74) is 0. The van der Waals surface area contributed by atoms with E-state index in [4.69, 9.17) is 4.55 Å². The van der Waals surface area contributed by atoms with E-state index in [1.807, 2.05) is 5.25 Å². The van der Waals surface area contributed by atoms with E-state index < -0.39 is 10.1 Å². The summed E-state index contributed by atoms with van der Waals surface area (Å²) in [6, 6.07) is 0. The summed E-state index contributed by atoms with van der Waals surface area (Å²) in [5.74, 6) is 2.74. The molecule has 68 valence electrons. The summed E-state index contributed by atoms with van der Waals surface area (Å²) < 4.78 is 28.9. The lowest BCUT2D eigenvalue weighted by molar-refractivity contribution is 0.430. The molecule has 3 nitrogen and oxygen atoms in total. The average Bonchev–Trinajstić information content (AvgIpc) is 2.02. The van der Waals surface area contributed by atoms with Gasteiger partial charge in [0.15, 0.2) is 0 Å². The van der Waals surface area contributed by atoms with Crippen molar-refractivity contribution in [3.8, 4) is 11.2 Å². The minimum Gasteiger partial charge on any atom is -0.276 e. The fraction of sp³-hybridized carbons (Fsp3) is 0.750. The van der Waals surface area contributed by atoms with Gasteiger partial charge in [0.1, 0.15) is 0 Å². The molecule has 1 aliphatic rings. The van der Waals surface area contributed by atoms with Gasteiger partial charge in [-0.15, -0.1) is 0 Å². The van der Waals surface area contributed by atoms with E-state index in [0.29, 0.717) is 0 Å². The van der Waals surface area contributed by atoms with E-state index >= 15 is 0 Å². The lowest BCUT2D eigenvalue weighted by Gasteiger charge is -2.15. The molecule has 1 N–H and O–H groups in total. The number of rotatable bonds is 0. The minimum atomic E-state index is -4.08. The number of hydrogen-bond acceptors (Lipinski definition) is 2. The molecule has 0 amide bonds. The van der Waals surface area contributed by atoms with Crippen molar-refractivity contribution in [2.45, 2.75) is 32.1 Å². The van der Waals surface area contributed by atoms with Crippen LogP contribution in [0.25, 0.3) is 0 Å². The monoisotopic (exact) mass is 188 g/mol. The zero-order valence-electron chi connectivity index (χ0n) is 6.78. The van der Waals surface area contributed by atoms with Crippen LogP contribution >= 0.6 is 0 Å². The van der Waals surface area contributed by atoms with Gasteiger partial charge in [-0.3, -0.25) is 4.55 Å². The Bertz CT molecular complexity index is 288. The summed E-state index contributed by atoms with van der Waals surface area (Å²) in [6.07, 6.45) is 5.37. The van der Waals surface area contributed by atoms with Gasteiger partial charge >= 0.3 is 10.1 Å². The second-order valence-corrected chi connectivity index (χ2v) is 4.21. The summed E-state index contributed by atoms with van der Waals surface area (Å²) in [4.78, 5) is 0. The van der Waals surface area contributed by atoms with Gasteiger partial charge < -0.3 is 0 Å². The highest BCUT2D eigenvalue weighted by atomic mass is 32.2. The number of hydrogen-bond donors (Lipinski definition) is 1. The Morgan fingerprint density at radius 2 is 1.75 bits per heavy atom. The molecule has 0 heterocycles. The second-order valence-electron chi connectivity index (χ2n) is 3.06. The molecule has 0 atom stereocenters. The summed E-state index contributed by atoms with van der Waals surface area (Å²) in [7, 11) is -4.08. The topological polar surface area (TPSA) is 54.4 Å². The fourth-order valence-corrected chi connectivity index (χ4v) is 1.72. The average molecular weight is 188 g/mol. The maximum Gasteiger partial charge on any atom is 0.335 e. The first kappa shape index (κ1) is 9.56. The zero-order chi connectivity index (χ0) is 9.03. The van der Waals surface area contributed by atoms with E-state index in [1.165, 1.54) is 6.42 Å². The molecule has 4 heteroatoms. The first-order valence-electron chi connectivity index (χ1n) is 4.08. The lowest BCUT2D eigenvalue weighted by Crippen LogP contribution is -2.04. The Morgan fingerprint density at radius 1 is 1.17 bits per heavy atom. The molecule has 0 aliphatic heterocycles. The third-order valence-corrected chi connectivity index (χ3v) is 2.37. The maximum absolute atomic E-state index is 10.3. The molecule has 1 aliphatic carbocycles. The van der Waals surface area contributed by atoms with Crippen molar-refractivity contribution in [3.63, 3.8) is 0 Å². The Kier molecular flexibility index (Phi) is 3.12. The van der Waals surface area contributed by atoms with Gasteiger partial charge in [-0.1, -0.05) is 25.2 Å². The molecule has 0 radical (unpaired) electrons. The predicted octanol–water partition coefficient (Wildman–Crippen LogP) is 1.42. The molecule has 0 aromatic rings. The highest BCUT2D eigenvalue weighted by molar-refractivity contribution is 7.90. The van der Waals surface area contributed by atoms with Gasteiger partial charge in [0.25, 0.3) is 0 Å². The van der Waals surface area contributed by atoms with Crippen LogP contribution in [0.3, 0.4) is 0 Å². The quantitative estimate of drug-likeness (QED) is 0.462. The van der Waals surface area contributed by atoms with Crippen molar-refractivity contribution in [2.75, 3.05) is 0 Å². The van der Waals surface area contributed by atoms with Crippen molar-refractivity contribution < 1.29 is 13.0 Å². The normalized spacial score (nSPS) is 19.8. The molecule has 1 fully saturated rings. The Labute approximate surface area is 72.9 Å². The summed E-state index contributed by atoms with van der Waals surface area (Å²) in [5, 5.41) is 1.87. The second kappa shape index (κ2) is 3.92. The van der Waals surface area contributed by atoms with Crippen molar-refractivity contribution in [1.29, 1.82) is 0 Å². The van der Waals surface area contributed by atoms with E-state index in [0.717, 1.165) is 25.7 Å². The summed E-state index contributed by atoms with van der Waals surface area (Å²) in [6.45, 7) is 0. The van der Waals surface area contributed by atoms with Crippen LogP contribution in [-0.2, 0) is 10.1 Å². The Balaban J connectivity index is 2.53. The molecule has 0 unspecified atom stereocenters. The first-order valence-corrected chi connectivity index (χ1v) is 5.52. The van der Waals surface area contributed by atoms with Gasteiger partial charge in [0, 0.05) is 5.92 Å². The molecule has 0 aromatic heterocycles. The Hall–Kier alpha value is -0.530. The van der Waals surface area contributed by atoms with Crippen molar-refractivity contribution in [2.24, 2.45) is 5.92 Å². The molecule has 0 aromatic carbocycles. The molecule has 12 heavy (non-hydrogen) atoms. The van der Waals surface area contributed by atoms with E-state index in [-0.39, 0.29) is 5.92 Å². The van der Waals surface area contributed by atoms with Crippen LogP contribution < -0.4 is 0 Å². The molecule has 0 spiro atoms. The van der Waals surface area contributed by atoms with Gasteiger partial charge in [0.2, 0.25) is 0 Å². The minimum absolute atomic E-state index is 0.167. The lowest BCUT2D eigenvalue weighted by atomic mass is 9.90. The predicted molar refractivity (Wildman–Crippen MR) is 45.9 cm³/mol. The highest BCUT2D eigenvalue weighted by Crippen LogP contribution is 2.22. The maximum atomic E-state index is 10.3. The first-order chi connectivity index (χ1) is 5.58. The van der Waals surface area contributed by atoms with E-state index in [1.54, 1.807) is 0 Å². The third-order valence-electron chi connectivity index (χ3n) is 2.00. The fourth-order valence-electron chi connectivity index (χ4n) is 1.40. The molecule has 0 bridgehead atoms. The van der Waals surface area contributed by atoms with E-state index in [9.17, 15) is 8.42 Å². The summed E-state index contributed by atoms with van der Waals surface area (Å²) >= 11 is 0. The zero-order valence-corrected chi connectivity index (χ0v) is 7.60. The van der Waals surface area contributed by atoms with E-state index in [2.05, 4.69) is 5.92 Å². The SMILES string of the molecule is O=S(=O)(O)C#CC1CCCCC1. The largest absolute Gasteiger partial charge is 0.335 e. The van der Waals surface area contributed by atoms with Gasteiger partial charge in [-0.05, 0) is 12.8 Å². The Morgan fingerprint density at radius 3 is 2.25 bits per heavy atom. The van der Waals surface area contributed by atoms with Crippen molar-refractivity contribution in [1.82, 2.24) is 0 Å². The molecule has 0 saturated heterocycles. The van der Waals surface area contributed by atoms with Gasteiger partial charge in [-0.25, -0.2) is 0 Å². The van der Waals surface area contributed by atoms with Gasteiger partial charge in [0.05, 0.1) is 5.25 Å². The molecular formula is C8H12O3S.